The number of hydrogen-bond donors (Lipinski definition) is 2. The Hall–Kier alpha value is -3.44. The van der Waals surface area contributed by atoms with Crippen molar-refractivity contribution in [2.75, 3.05) is 54.4 Å². The molecule has 2 aliphatic rings. The van der Waals surface area contributed by atoms with Gasteiger partial charge in [-0.25, -0.2) is 0 Å². The fourth-order valence-electron chi connectivity index (χ4n) is 4.67. The molecule has 0 spiro atoms. The monoisotopic (exact) mass is 544 g/mol. The number of nitro benzene ring substituents is 1. The van der Waals surface area contributed by atoms with E-state index in [1.165, 1.54) is 6.07 Å². The Labute approximate surface area is 225 Å². The molecular formula is C25H29ClN6O4S. The number of nitro groups is 1. The van der Waals surface area contributed by atoms with Crippen molar-refractivity contribution < 1.29 is 14.5 Å². The van der Waals surface area contributed by atoms with Gasteiger partial charge in [0.2, 0.25) is 5.91 Å². The minimum absolute atomic E-state index is 0.0413. The van der Waals surface area contributed by atoms with E-state index in [0.717, 1.165) is 31.6 Å². The van der Waals surface area contributed by atoms with E-state index in [-0.39, 0.29) is 22.3 Å². The van der Waals surface area contributed by atoms with Crippen LogP contribution in [0, 0.1) is 10.1 Å². The van der Waals surface area contributed by atoms with E-state index in [1.54, 1.807) is 24.3 Å². The van der Waals surface area contributed by atoms with Gasteiger partial charge in [0.15, 0.2) is 5.11 Å². The van der Waals surface area contributed by atoms with Crippen molar-refractivity contribution in [3.8, 4) is 0 Å². The van der Waals surface area contributed by atoms with Gasteiger partial charge in [0.1, 0.15) is 5.69 Å². The van der Waals surface area contributed by atoms with Crippen LogP contribution >= 0.6 is 23.8 Å². The molecule has 2 fully saturated rings. The summed E-state index contributed by atoms with van der Waals surface area (Å²) in [5.74, 6) is -0.421. The van der Waals surface area contributed by atoms with Crippen LogP contribution in [-0.4, -0.2) is 66.0 Å². The highest BCUT2D eigenvalue weighted by atomic mass is 35.5. The number of nitrogens with zero attached hydrogens (tertiary/aromatic N) is 4. The number of thiocarbonyl (C=S) groups is 1. The van der Waals surface area contributed by atoms with Gasteiger partial charge in [-0.1, -0.05) is 18.5 Å². The van der Waals surface area contributed by atoms with Crippen molar-refractivity contribution >= 4 is 63.5 Å². The molecule has 2 amide bonds. The van der Waals surface area contributed by atoms with Crippen molar-refractivity contribution in [2.24, 2.45) is 0 Å². The van der Waals surface area contributed by atoms with Crippen molar-refractivity contribution in [1.29, 1.82) is 0 Å². The number of amides is 2. The molecule has 37 heavy (non-hydrogen) atoms. The molecule has 2 aliphatic heterocycles. The number of hydrogen-bond acceptors (Lipinski definition) is 7. The molecular weight excluding hydrogens is 516 g/mol. The summed E-state index contributed by atoms with van der Waals surface area (Å²) in [5, 5.41) is 17.9. The quantitative estimate of drug-likeness (QED) is 0.318. The highest BCUT2D eigenvalue weighted by Gasteiger charge is 2.25. The average molecular weight is 545 g/mol. The van der Waals surface area contributed by atoms with Crippen LogP contribution < -0.4 is 20.4 Å². The third-order valence-corrected chi connectivity index (χ3v) is 7.03. The number of anilines is 3. The van der Waals surface area contributed by atoms with E-state index >= 15 is 0 Å². The Balaban J connectivity index is 1.45. The van der Waals surface area contributed by atoms with Crippen LogP contribution in [-0.2, 0) is 4.79 Å². The summed E-state index contributed by atoms with van der Waals surface area (Å²) < 4.78 is 0. The molecule has 2 N–H and O–H groups in total. The lowest BCUT2D eigenvalue weighted by atomic mass is 10.1. The largest absolute Gasteiger partial charge is 0.366 e. The molecule has 2 aromatic carbocycles. The number of carbonyl (C=O) groups is 2. The van der Waals surface area contributed by atoms with E-state index in [9.17, 15) is 19.7 Å². The first-order valence-electron chi connectivity index (χ1n) is 12.2. The van der Waals surface area contributed by atoms with E-state index in [0.29, 0.717) is 49.0 Å². The van der Waals surface area contributed by atoms with Crippen molar-refractivity contribution in [3.05, 3.63) is 57.1 Å². The van der Waals surface area contributed by atoms with Crippen LogP contribution in [0.2, 0.25) is 5.02 Å². The molecule has 0 saturated carbocycles. The summed E-state index contributed by atoms with van der Waals surface area (Å²) in [7, 11) is 0. The zero-order chi connectivity index (χ0) is 26.5. The Bertz CT molecular complexity index is 1210. The average Bonchev–Trinajstić information content (AvgIpc) is 3.43. The molecule has 2 aromatic rings. The lowest BCUT2D eigenvalue weighted by Gasteiger charge is -2.37. The van der Waals surface area contributed by atoms with Gasteiger partial charge in [0, 0.05) is 62.3 Å². The van der Waals surface area contributed by atoms with E-state index in [4.69, 9.17) is 23.8 Å². The Morgan fingerprint density at radius 2 is 1.65 bits per heavy atom. The molecule has 2 saturated heterocycles. The summed E-state index contributed by atoms with van der Waals surface area (Å²) >= 11 is 11.6. The highest BCUT2D eigenvalue weighted by molar-refractivity contribution is 7.80. The summed E-state index contributed by atoms with van der Waals surface area (Å²) in [4.78, 5) is 42.0. The normalized spacial score (nSPS) is 15.5. The van der Waals surface area contributed by atoms with E-state index < -0.39 is 10.8 Å². The van der Waals surface area contributed by atoms with Crippen LogP contribution in [0.5, 0.6) is 0 Å². The molecule has 12 heteroatoms. The number of rotatable bonds is 6. The molecule has 4 rings (SSSR count). The summed E-state index contributed by atoms with van der Waals surface area (Å²) in [6.45, 7) is 5.89. The minimum Gasteiger partial charge on any atom is -0.366 e. The maximum atomic E-state index is 12.9. The van der Waals surface area contributed by atoms with E-state index in [2.05, 4.69) is 15.5 Å². The Kier molecular flexibility index (Phi) is 8.45. The third-order valence-electron chi connectivity index (χ3n) is 6.59. The Morgan fingerprint density at radius 3 is 2.30 bits per heavy atom. The zero-order valence-corrected chi connectivity index (χ0v) is 22.1. The maximum Gasteiger partial charge on any atom is 0.293 e. The Morgan fingerprint density at radius 1 is 1.00 bits per heavy atom. The second-order valence-corrected chi connectivity index (χ2v) is 9.79. The second-order valence-electron chi connectivity index (χ2n) is 8.95. The summed E-state index contributed by atoms with van der Waals surface area (Å²) in [6, 6.07) is 9.83. The first kappa shape index (κ1) is 26.6. The molecule has 10 nitrogen and oxygen atoms in total. The van der Waals surface area contributed by atoms with Crippen LogP contribution in [0.3, 0.4) is 0 Å². The lowest BCUT2D eigenvalue weighted by Crippen LogP contribution is -2.48. The predicted molar refractivity (Wildman–Crippen MR) is 149 cm³/mol. The molecule has 0 aromatic heterocycles. The molecule has 0 atom stereocenters. The van der Waals surface area contributed by atoms with Crippen molar-refractivity contribution in [3.63, 3.8) is 0 Å². The topological polar surface area (TPSA) is 111 Å². The number of halogens is 1. The standard InChI is InChI=1S/C25H29ClN6O4S/c1-2-23(33)31-13-11-30(12-14-31)20-8-6-18(26)16-19(20)27-25(37)28-24(34)17-5-7-21(22(15-17)32(35)36)29-9-3-4-10-29/h5-8,15-16H,2-4,9-14H2,1H3,(H2,27,28,34,37). The molecule has 0 aliphatic carbocycles. The minimum atomic E-state index is -0.552. The van der Waals surface area contributed by atoms with Crippen LogP contribution in [0.4, 0.5) is 22.7 Å². The van der Waals surface area contributed by atoms with Crippen LogP contribution in [0.1, 0.15) is 36.5 Å². The van der Waals surface area contributed by atoms with E-state index in [1.807, 2.05) is 22.8 Å². The third kappa shape index (κ3) is 6.28. The first-order valence-corrected chi connectivity index (χ1v) is 13.0. The maximum absolute atomic E-state index is 12.9. The SMILES string of the molecule is CCC(=O)N1CCN(c2ccc(Cl)cc2NC(=S)NC(=O)c2ccc(N3CCCC3)c([N+](=O)[O-])c2)CC1. The van der Waals surface area contributed by atoms with Gasteiger partial charge in [0.05, 0.1) is 16.3 Å². The molecule has 0 radical (unpaired) electrons. The van der Waals surface area contributed by atoms with Gasteiger partial charge in [-0.05, 0) is 55.4 Å². The summed E-state index contributed by atoms with van der Waals surface area (Å²) in [6.07, 6.45) is 2.45. The number of carbonyl (C=O) groups excluding carboxylic acids is 2. The number of benzene rings is 2. The van der Waals surface area contributed by atoms with Gasteiger partial charge in [-0.2, -0.15) is 0 Å². The number of nitrogens with one attached hydrogen (secondary N) is 2. The van der Waals surface area contributed by atoms with Crippen LogP contribution in [0.15, 0.2) is 36.4 Å². The zero-order valence-electron chi connectivity index (χ0n) is 20.5. The summed E-state index contributed by atoms with van der Waals surface area (Å²) in [5.41, 5.74) is 2.01. The first-order chi connectivity index (χ1) is 17.8. The molecule has 0 bridgehead atoms. The highest BCUT2D eigenvalue weighted by Crippen LogP contribution is 2.32. The molecule has 2 heterocycles. The molecule has 196 valence electrons. The smallest absolute Gasteiger partial charge is 0.293 e. The van der Waals surface area contributed by atoms with Gasteiger partial charge >= 0.3 is 0 Å². The van der Waals surface area contributed by atoms with Gasteiger partial charge in [-0.3, -0.25) is 25.0 Å². The lowest BCUT2D eigenvalue weighted by molar-refractivity contribution is -0.384. The van der Waals surface area contributed by atoms with Crippen molar-refractivity contribution in [2.45, 2.75) is 26.2 Å². The fraction of sp³-hybridized carbons (Fsp3) is 0.400. The van der Waals surface area contributed by atoms with Gasteiger partial charge in [-0.15, -0.1) is 0 Å². The fourth-order valence-corrected chi connectivity index (χ4v) is 5.04. The van der Waals surface area contributed by atoms with Crippen molar-refractivity contribution in [1.82, 2.24) is 10.2 Å². The molecule has 0 unspecified atom stereocenters. The van der Waals surface area contributed by atoms with Crippen LogP contribution in [0.25, 0.3) is 0 Å². The van der Waals surface area contributed by atoms with Gasteiger partial charge < -0.3 is 20.0 Å². The second kappa shape index (κ2) is 11.7. The number of piperazine rings is 1. The predicted octanol–water partition coefficient (Wildman–Crippen LogP) is 4.03. The van der Waals surface area contributed by atoms with Gasteiger partial charge in [0.25, 0.3) is 11.6 Å².